The van der Waals surface area contributed by atoms with E-state index in [0.29, 0.717) is 12.1 Å². The first kappa shape index (κ1) is 12.4. The summed E-state index contributed by atoms with van der Waals surface area (Å²) in [5.74, 6) is 0.0370. The van der Waals surface area contributed by atoms with Crippen LogP contribution in [-0.2, 0) is 11.3 Å². The lowest BCUT2D eigenvalue weighted by atomic mass is 10.1. The first-order valence-corrected chi connectivity index (χ1v) is 6.59. The Bertz CT molecular complexity index is 686. The monoisotopic (exact) mass is 261 g/mol. The summed E-state index contributed by atoms with van der Waals surface area (Å²) in [4.78, 5) is 14.4. The molecule has 1 aliphatic heterocycles. The lowest BCUT2D eigenvalue weighted by molar-refractivity contribution is -0.113. The van der Waals surface area contributed by atoms with E-state index in [1.54, 1.807) is 12.2 Å². The molecule has 1 heterocycles. The van der Waals surface area contributed by atoms with Gasteiger partial charge >= 0.3 is 0 Å². The Labute approximate surface area is 118 Å². The summed E-state index contributed by atoms with van der Waals surface area (Å²) in [6.07, 6.45) is 3.45. The maximum absolute atomic E-state index is 12.6. The molecule has 0 N–H and O–H groups in total. The molecule has 0 atom stereocenters. The highest BCUT2D eigenvalue weighted by Gasteiger charge is 2.31. The van der Waals surface area contributed by atoms with E-state index in [-0.39, 0.29) is 5.91 Å². The standard InChI is InChI=1S/C18H15NO/c1-2-8-16-15-11-6-7-12-17(15)19(18(16)20)13-14-9-4-3-5-10-14/h2-12H,1,13H2/b16-8+. The summed E-state index contributed by atoms with van der Waals surface area (Å²) < 4.78 is 0. The molecule has 0 aliphatic carbocycles. The number of amides is 1. The zero-order chi connectivity index (χ0) is 13.9. The van der Waals surface area contributed by atoms with E-state index in [9.17, 15) is 4.79 Å². The molecule has 20 heavy (non-hydrogen) atoms. The summed E-state index contributed by atoms with van der Waals surface area (Å²) in [5, 5.41) is 0. The van der Waals surface area contributed by atoms with Gasteiger partial charge in [-0.05, 0) is 17.7 Å². The first-order chi connectivity index (χ1) is 9.81. The van der Waals surface area contributed by atoms with E-state index in [2.05, 4.69) is 6.58 Å². The van der Waals surface area contributed by atoms with Crippen LogP contribution in [0.15, 0.2) is 73.3 Å². The molecule has 3 rings (SSSR count). The number of hydrogen-bond acceptors (Lipinski definition) is 1. The predicted molar refractivity (Wildman–Crippen MR) is 82.2 cm³/mol. The number of para-hydroxylation sites is 1. The van der Waals surface area contributed by atoms with Crippen LogP contribution in [0.25, 0.3) is 5.57 Å². The molecule has 2 aromatic carbocycles. The van der Waals surface area contributed by atoms with Crippen LogP contribution in [0.1, 0.15) is 11.1 Å². The first-order valence-electron chi connectivity index (χ1n) is 6.59. The number of carbonyl (C=O) groups is 1. The molecule has 1 amide bonds. The third-order valence-electron chi connectivity index (χ3n) is 3.43. The summed E-state index contributed by atoms with van der Waals surface area (Å²) in [7, 11) is 0. The quantitative estimate of drug-likeness (QED) is 0.769. The molecule has 2 nitrogen and oxygen atoms in total. The molecular formula is C18H15NO. The van der Waals surface area contributed by atoms with Crippen LogP contribution in [0, 0.1) is 0 Å². The Hall–Kier alpha value is -2.61. The van der Waals surface area contributed by atoms with Gasteiger partial charge in [0.05, 0.1) is 12.2 Å². The van der Waals surface area contributed by atoms with Gasteiger partial charge in [0.15, 0.2) is 0 Å². The van der Waals surface area contributed by atoms with E-state index < -0.39 is 0 Å². The summed E-state index contributed by atoms with van der Waals surface area (Å²) in [5.41, 5.74) is 3.78. The molecular weight excluding hydrogens is 246 g/mol. The number of nitrogens with zero attached hydrogens (tertiary/aromatic N) is 1. The highest BCUT2D eigenvalue weighted by Crippen LogP contribution is 2.37. The van der Waals surface area contributed by atoms with Crippen LogP contribution in [-0.4, -0.2) is 5.91 Å². The lowest BCUT2D eigenvalue weighted by Gasteiger charge is -2.17. The average molecular weight is 261 g/mol. The fourth-order valence-electron chi connectivity index (χ4n) is 2.51. The minimum absolute atomic E-state index is 0.0370. The lowest BCUT2D eigenvalue weighted by Crippen LogP contribution is -2.25. The SMILES string of the molecule is C=C/C=C1/C(=O)N(Cc2ccccc2)c2ccccc21. The second-order valence-electron chi connectivity index (χ2n) is 4.71. The van der Waals surface area contributed by atoms with Gasteiger partial charge in [-0.25, -0.2) is 0 Å². The van der Waals surface area contributed by atoms with Crippen molar-refractivity contribution in [3.63, 3.8) is 0 Å². The second-order valence-corrected chi connectivity index (χ2v) is 4.71. The number of allylic oxidation sites excluding steroid dienone is 2. The molecule has 1 aliphatic rings. The molecule has 0 saturated heterocycles. The van der Waals surface area contributed by atoms with Gasteiger partial charge in [0, 0.05) is 11.1 Å². The van der Waals surface area contributed by atoms with Crippen molar-refractivity contribution in [1.82, 2.24) is 0 Å². The molecule has 0 unspecified atom stereocenters. The van der Waals surface area contributed by atoms with Gasteiger partial charge in [0.25, 0.3) is 5.91 Å². The Morgan fingerprint density at radius 2 is 1.70 bits per heavy atom. The van der Waals surface area contributed by atoms with Gasteiger partial charge in [-0.15, -0.1) is 0 Å². The zero-order valence-corrected chi connectivity index (χ0v) is 11.1. The van der Waals surface area contributed by atoms with Crippen molar-refractivity contribution >= 4 is 17.2 Å². The molecule has 0 aromatic heterocycles. The highest BCUT2D eigenvalue weighted by atomic mass is 16.2. The van der Waals surface area contributed by atoms with Crippen molar-refractivity contribution in [3.05, 3.63) is 84.5 Å². The average Bonchev–Trinajstić information content (AvgIpc) is 2.75. The van der Waals surface area contributed by atoms with E-state index >= 15 is 0 Å². The van der Waals surface area contributed by atoms with Crippen molar-refractivity contribution < 1.29 is 4.79 Å². The van der Waals surface area contributed by atoms with Crippen molar-refractivity contribution in [2.24, 2.45) is 0 Å². The maximum Gasteiger partial charge on any atom is 0.259 e. The van der Waals surface area contributed by atoms with Gasteiger partial charge < -0.3 is 4.90 Å². The molecule has 2 heteroatoms. The summed E-state index contributed by atoms with van der Waals surface area (Å²) in [6.45, 7) is 4.28. The molecule has 98 valence electrons. The van der Waals surface area contributed by atoms with E-state index in [0.717, 1.165) is 16.8 Å². The summed E-state index contributed by atoms with van der Waals surface area (Å²) in [6, 6.07) is 17.9. The van der Waals surface area contributed by atoms with Crippen LogP contribution in [0.2, 0.25) is 0 Å². The third kappa shape index (κ3) is 2.05. The number of benzene rings is 2. The minimum atomic E-state index is 0.0370. The number of rotatable bonds is 3. The third-order valence-corrected chi connectivity index (χ3v) is 3.43. The number of fused-ring (bicyclic) bond motifs is 1. The van der Waals surface area contributed by atoms with E-state index in [1.807, 2.05) is 59.5 Å². The fraction of sp³-hybridized carbons (Fsp3) is 0.0556. The summed E-state index contributed by atoms with van der Waals surface area (Å²) >= 11 is 0. The Balaban J connectivity index is 2.02. The van der Waals surface area contributed by atoms with Crippen molar-refractivity contribution in [2.45, 2.75) is 6.54 Å². The predicted octanol–water partition coefficient (Wildman–Crippen LogP) is 3.80. The number of anilines is 1. The van der Waals surface area contributed by atoms with Gasteiger partial charge in [-0.1, -0.05) is 61.2 Å². The fourth-order valence-corrected chi connectivity index (χ4v) is 2.51. The van der Waals surface area contributed by atoms with Crippen molar-refractivity contribution in [2.75, 3.05) is 4.90 Å². The molecule has 0 spiro atoms. The Morgan fingerprint density at radius 1 is 1.00 bits per heavy atom. The Kier molecular flexibility index (Phi) is 3.21. The van der Waals surface area contributed by atoms with Crippen LogP contribution < -0.4 is 4.90 Å². The van der Waals surface area contributed by atoms with Crippen LogP contribution in [0.4, 0.5) is 5.69 Å². The normalized spacial score (nSPS) is 15.5. The minimum Gasteiger partial charge on any atom is -0.303 e. The van der Waals surface area contributed by atoms with Crippen LogP contribution >= 0.6 is 0 Å². The van der Waals surface area contributed by atoms with E-state index in [4.69, 9.17) is 0 Å². The number of carbonyl (C=O) groups excluding carboxylic acids is 1. The molecule has 0 radical (unpaired) electrons. The second kappa shape index (κ2) is 5.17. The molecule has 2 aromatic rings. The Morgan fingerprint density at radius 3 is 2.45 bits per heavy atom. The van der Waals surface area contributed by atoms with E-state index in [1.165, 1.54) is 0 Å². The maximum atomic E-state index is 12.6. The van der Waals surface area contributed by atoms with Gasteiger partial charge in [-0.3, -0.25) is 4.79 Å². The van der Waals surface area contributed by atoms with Gasteiger partial charge in [0.1, 0.15) is 0 Å². The topological polar surface area (TPSA) is 20.3 Å². The van der Waals surface area contributed by atoms with Gasteiger partial charge in [0.2, 0.25) is 0 Å². The smallest absolute Gasteiger partial charge is 0.259 e. The van der Waals surface area contributed by atoms with Crippen molar-refractivity contribution in [1.29, 1.82) is 0 Å². The molecule has 0 fully saturated rings. The van der Waals surface area contributed by atoms with Crippen LogP contribution in [0.3, 0.4) is 0 Å². The molecule has 0 saturated carbocycles. The van der Waals surface area contributed by atoms with Gasteiger partial charge in [-0.2, -0.15) is 0 Å². The molecule has 0 bridgehead atoms. The van der Waals surface area contributed by atoms with Crippen molar-refractivity contribution in [3.8, 4) is 0 Å². The van der Waals surface area contributed by atoms with Crippen LogP contribution in [0.5, 0.6) is 0 Å². The zero-order valence-electron chi connectivity index (χ0n) is 11.1. The number of hydrogen-bond donors (Lipinski definition) is 0. The largest absolute Gasteiger partial charge is 0.303 e. The highest BCUT2D eigenvalue weighted by molar-refractivity contribution is 6.32.